The van der Waals surface area contributed by atoms with Gasteiger partial charge in [0.15, 0.2) is 17.5 Å². The highest BCUT2D eigenvalue weighted by Crippen LogP contribution is 2.31. The molecule has 2 aromatic rings. The summed E-state index contributed by atoms with van der Waals surface area (Å²) in [5.41, 5.74) is -0.344. The molecule has 0 unspecified atom stereocenters. The number of pyridine rings is 1. The van der Waals surface area contributed by atoms with Gasteiger partial charge >= 0.3 is 0 Å². The fourth-order valence-electron chi connectivity index (χ4n) is 1.19. The molecule has 0 radical (unpaired) electrons. The lowest BCUT2D eigenvalue weighted by atomic mass is 10.2. The van der Waals surface area contributed by atoms with Crippen molar-refractivity contribution < 1.29 is 13.2 Å². The Bertz CT molecular complexity index is 557. The van der Waals surface area contributed by atoms with Gasteiger partial charge in [-0.3, -0.25) is 4.98 Å². The van der Waals surface area contributed by atoms with Crippen molar-refractivity contribution in [2.24, 2.45) is 0 Å². The van der Waals surface area contributed by atoms with Crippen LogP contribution in [0.1, 0.15) is 0 Å². The first-order valence-electron chi connectivity index (χ1n) is 3.79. The Morgan fingerprint density at radius 2 is 1.73 bits per heavy atom. The smallest absolute Gasteiger partial charge is 0.196 e. The third-order valence-corrected chi connectivity index (χ3v) is 2.68. The summed E-state index contributed by atoms with van der Waals surface area (Å²) in [6.45, 7) is 0. The van der Waals surface area contributed by atoms with Crippen molar-refractivity contribution in [2.45, 2.75) is 0 Å². The standard InChI is InChI=1S/C9H2Cl2F3N/c10-4-2-15-9-3(6(4)11)1-5(12)7(13)8(9)14/h1-2H. The maximum absolute atomic E-state index is 13.2. The molecule has 0 saturated carbocycles. The number of rotatable bonds is 0. The largest absolute Gasteiger partial charge is 0.251 e. The summed E-state index contributed by atoms with van der Waals surface area (Å²) >= 11 is 11.3. The fraction of sp³-hybridized carbons (Fsp3) is 0. The molecular formula is C9H2Cl2F3N. The third-order valence-electron chi connectivity index (χ3n) is 1.89. The van der Waals surface area contributed by atoms with Gasteiger partial charge in [0.1, 0.15) is 5.52 Å². The molecule has 1 heterocycles. The highest BCUT2D eigenvalue weighted by molar-refractivity contribution is 6.45. The Morgan fingerprint density at radius 1 is 1.07 bits per heavy atom. The van der Waals surface area contributed by atoms with E-state index in [0.29, 0.717) is 0 Å². The molecule has 0 aliphatic rings. The van der Waals surface area contributed by atoms with Gasteiger partial charge in [-0.15, -0.1) is 0 Å². The predicted octanol–water partition coefficient (Wildman–Crippen LogP) is 3.96. The van der Waals surface area contributed by atoms with Crippen molar-refractivity contribution >= 4 is 34.1 Å². The number of nitrogens with zero attached hydrogens (tertiary/aromatic N) is 1. The van der Waals surface area contributed by atoms with Crippen LogP contribution in [0.15, 0.2) is 12.3 Å². The van der Waals surface area contributed by atoms with Crippen LogP contribution in [0.2, 0.25) is 10.0 Å². The molecule has 0 aliphatic carbocycles. The Morgan fingerprint density at radius 3 is 2.40 bits per heavy atom. The second kappa shape index (κ2) is 3.54. The molecule has 6 heteroatoms. The van der Waals surface area contributed by atoms with E-state index >= 15 is 0 Å². The van der Waals surface area contributed by atoms with E-state index in [1.807, 2.05) is 0 Å². The molecule has 78 valence electrons. The Hall–Kier alpha value is -1.00. The Balaban J connectivity index is 2.98. The van der Waals surface area contributed by atoms with Gasteiger partial charge in [0.25, 0.3) is 0 Å². The summed E-state index contributed by atoms with van der Waals surface area (Å²) in [4.78, 5) is 3.54. The van der Waals surface area contributed by atoms with Gasteiger partial charge in [-0.05, 0) is 6.07 Å². The third kappa shape index (κ3) is 1.54. The van der Waals surface area contributed by atoms with Crippen molar-refractivity contribution in [3.63, 3.8) is 0 Å². The van der Waals surface area contributed by atoms with Gasteiger partial charge in [-0.1, -0.05) is 23.2 Å². The van der Waals surface area contributed by atoms with Crippen LogP contribution in [0, 0.1) is 17.5 Å². The maximum Gasteiger partial charge on any atom is 0.196 e. The van der Waals surface area contributed by atoms with Crippen molar-refractivity contribution in [1.82, 2.24) is 4.98 Å². The molecule has 1 aromatic carbocycles. The minimum absolute atomic E-state index is 0.0505. The van der Waals surface area contributed by atoms with Gasteiger partial charge in [-0.25, -0.2) is 13.2 Å². The van der Waals surface area contributed by atoms with Crippen LogP contribution in [-0.2, 0) is 0 Å². The summed E-state index contributed by atoms with van der Waals surface area (Å²) in [5.74, 6) is -4.28. The lowest BCUT2D eigenvalue weighted by Gasteiger charge is -2.04. The van der Waals surface area contributed by atoms with E-state index in [2.05, 4.69) is 4.98 Å². The number of benzene rings is 1. The first-order valence-corrected chi connectivity index (χ1v) is 4.55. The summed E-state index contributed by atoms with van der Waals surface area (Å²) in [5, 5.41) is -0.0605. The quantitative estimate of drug-likeness (QED) is 0.646. The zero-order chi connectivity index (χ0) is 11.2. The van der Waals surface area contributed by atoms with E-state index in [1.165, 1.54) is 0 Å². The minimum Gasteiger partial charge on any atom is -0.251 e. The van der Waals surface area contributed by atoms with Crippen molar-refractivity contribution in [3.05, 3.63) is 39.8 Å². The van der Waals surface area contributed by atoms with E-state index in [0.717, 1.165) is 12.3 Å². The van der Waals surface area contributed by atoms with Gasteiger partial charge in [-0.2, -0.15) is 0 Å². The van der Waals surface area contributed by atoms with Crippen LogP contribution in [0.25, 0.3) is 10.9 Å². The Labute approximate surface area is 92.4 Å². The normalized spacial score (nSPS) is 11.0. The SMILES string of the molecule is Fc1cc2c(Cl)c(Cl)cnc2c(F)c1F. The zero-order valence-electron chi connectivity index (χ0n) is 6.99. The molecule has 0 N–H and O–H groups in total. The maximum atomic E-state index is 13.2. The lowest BCUT2D eigenvalue weighted by Crippen LogP contribution is -1.94. The zero-order valence-corrected chi connectivity index (χ0v) is 8.50. The monoisotopic (exact) mass is 251 g/mol. The average molecular weight is 252 g/mol. The van der Waals surface area contributed by atoms with Crippen molar-refractivity contribution in [1.29, 1.82) is 0 Å². The van der Waals surface area contributed by atoms with Crippen LogP contribution in [-0.4, -0.2) is 4.98 Å². The van der Waals surface area contributed by atoms with Gasteiger partial charge in [0.05, 0.1) is 10.0 Å². The van der Waals surface area contributed by atoms with E-state index < -0.39 is 17.5 Å². The molecule has 1 nitrogen and oxygen atoms in total. The first-order chi connectivity index (χ1) is 7.02. The minimum atomic E-state index is -1.58. The number of halogens is 5. The molecule has 0 saturated heterocycles. The van der Waals surface area contributed by atoms with E-state index in [9.17, 15) is 13.2 Å². The number of fused-ring (bicyclic) bond motifs is 1. The van der Waals surface area contributed by atoms with Gasteiger partial charge in [0.2, 0.25) is 0 Å². The molecule has 1 aromatic heterocycles. The van der Waals surface area contributed by atoms with Crippen LogP contribution in [0.3, 0.4) is 0 Å². The first kappa shape index (κ1) is 10.5. The molecule has 2 rings (SSSR count). The predicted molar refractivity (Wildman–Crippen MR) is 51.6 cm³/mol. The van der Waals surface area contributed by atoms with Crippen molar-refractivity contribution in [3.8, 4) is 0 Å². The molecule has 0 amide bonds. The topological polar surface area (TPSA) is 12.9 Å². The lowest BCUT2D eigenvalue weighted by molar-refractivity contribution is 0.452. The highest BCUT2D eigenvalue weighted by Gasteiger charge is 2.17. The summed E-state index contributed by atoms with van der Waals surface area (Å²) < 4.78 is 38.9. The molecule has 0 aliphatic heterocycles. The number of hydrogen-bond donors (Lipinski definition) is 0. The van der Waals surface area contributed by atoms with Crippen molar-refractivity contribution in [2.75, 3.05) is 0 Å². The average Bonchev–Trinajstić information content (AvgIpc) is 2.21. The van der Waals surface area contributed by atoms with E-state index in [-0.39, 0.29) is 20.9 Å². The van der Waals surface area contributed by atoms with Crippen LogP contribution in [0.4, 0.5) is 13.2 Å². The van der Waals surface area contributed by atoms with Gasteiger partial charge in [0, 0.05) is 11.6 Å². The molecule has 0 atom stereocenters. The molecule has 0 fully saturated rings. The van der Waals surface area contributed by atoms with E-state index in [4.69, 9.17) is 23.2 Å². The number of hydrogen-bond acceptors (Lipinski definition) is 1. The summed E-state index contributed by atoms with van der Waals surface area (Å²) in [6.07, 6.45) is 1.08. The summed E-state index contributed by atoms with van der Waals surface area (Å²) in [7, 11) is 0. The van der Waals surface area contributed by atoms with E-state index in [1.54, 1.807) is 0 Å². The van der Waals surface area contributed by atoms with Crippen LogP contribution < -0.4 is 0 Å². The second-order valence-corrected chi connectivity index (χ2v) is 3.59. The highest BCUT2D eigenvalue weighted by atomic mass is 35.5. The molecule has 0 bridgehead atoms. The molecular weight excluding hydrogens is 250 g/mol. The molecule has 15 heavy (non-hydrogen) atoms. The molecule has 0 spiro atoms. The van der Waals surface area contributed by atoms with Gasteiger partial charge < -0.3 is 0 Å². The second-order valence-electron chi connectivity index (χ2n) is 2.80. The Kier molecular flexibility index (Phi) is 2.48. The number of aromatic nitrogens is 1. The van der Waals surface area contributed by atoms with Crippen LogP contribution in [0.5, 0.6) is 0 Å². The fourth-order valence-corrected chi connectivity index (χ4v) is 1.53. The van der Waals surface area contributed by atoms with Crippen LogP contribution >= 0.6 is 23.2 Å². The summed E-state index contributed by atoms with van der Waals surface area (Å²) in [6, 6.07) is 0.759.